The van der Waals surface area contributed by atoms with Gasteiger partial charge in [-0.2, -0.15) is 59.1 Å². The molecule has 16 heterocycles. The number of rotatable bonds is 14. The number of Topliss-reactive ketones (excluding diaryl/α,β-unsaturated/α-hetero) is 1. The number of H-pyrrole nitrogens is 8. The van der Waals surface area contributed by atoms with E-state index in [1.165, 1.54) is 66.0 Å². The number of hydrogen-bond donors (Lipinski definition) is 13. The molecule has 11 aromatic rings. The molecular formula is C98H160FN29O16S5. The van der Waals surface area contributed by atoms with E-state index in [0.29, 0.717) is 86.9 Å². The van der Waals surface area contributed by atoms with Crippen LogP contribution in [0.1, 0.15) is 366 Å². The Kier molecular flexibility index (Phi) is 73.4. The molecule has 45 nitrogen and oxygen atoms in total. The van der Waals surface area contributed by atoms with Gasteiger partial charge in [-0.3, -0.25) is 39.2 Å². The van der Waals surface area contributed by atoms with Crippen molar-refractivity contribution in [3.63, 3.8) is 0 Å². The molecule has 3 saturated heterocycles. The number of hydroxylamine groups is 2. The van der Waals surface area contributed by atoms with E-state index in [4.69, 9.17) is 30.9 Å². The summed E-state index contributed by atoms with van der Waals surface area (Å²) in [6.45, 7) is 76.6. The average molecular weight is 2180 g/mol. The Labute approximate surface area is 896 Å². The van der Waals surface area contributed by atoms with E-state index in [1.807, 2.05) is 123 Å². The highest BCUT2D eigenvalue weighted by atomic mass is 32.2. The number of nitrogens with one attached hydrogen (secondary N) is 11. The number of carbonyl (C=O) groups excluding carboxylic acids is 9. The van der Waals surface area contributed by atoms with Gasteiger partial charge in [-0.25, -0.2) is 49.3 Å². The number of hydrogen-bond acceptors (Lipinski definition) is 37. The minimum atomic E-state index is -0.460. The summed E-state index contributed by atoms with van der Waals surface area (Å²) in [4.78, 5) is 149. The predicted octanol–water partition coefficient (Wildman–Crippen LogP) is 20.9. The molecule has 0 radical (unpaired) electrons. The lowest BCUT2D eigenvalue weighted by Gasteiger charge is -2.16. The van der Waals surface area contributed by atoms with Crippen molar-refractivity contribution < 1.29 is 75.6 Å². The molecule has 2 atom stereocenters. The summed E-state index contributed by atoms with van der Waals surface area (Å²) in [6.07, 6.45) is 18.9. The maximum absolute atomic E-state index is 12.5. The van der Waals surface area contributed by atoms with E-state index < -0.39 is 5.97 Å². The number of nitrogens with zero attached hydrogens (tertiary/aromatic N) is 18. The first kappa shape index (κ1) is 140. The van der Waals surface area contributed by atoms with Crippen molar-refractivity contribution in [1.82, 2.24) is 136 Å². The first-order valence-corrected chi connectivity index (χ1v) is 51.2. The Morgan fingerprint density at radius 3 is 1.39 bits per heavy atom. The van der Waals surface area contributed by atoms with E-state index in [9.17, 15) is 47.9 Å². The number of amides is 5. The summed E-state index contributed by atoms with van der Waals surface area (Å²) in [7, 11) is 0. The fourth-order valence-electron chi connectivity index (χ4n) is 10.0. The van der Waals surface area contributed by atoms with Gasteiger partial charge < -0.3 is 58.6 Å². The molecule has 5 aliphatic rings. The van der Waals surface area contributed by atoms with Gasteiger partial charge in [-0.1, -0.05) is 247 Å². The van der Waals surface area contributed by atoms with Crippen molar-refractivity contribution in [3.8, 4) is 0 Å². The zero-order valence-electron chi connectivity index (χ0n) is 92.8. The maximum atomic E-state index is 12.5. The molecule has 0 aliphatic carbocycles. The van der Waals surface area contributed by atoms with Crippen molar-refractivity contribution in [2.75, 3.05) is 0 Å². The second-order valence-electron chi connectivity index (χ2n) is 38.0. The number of aryl methyl sites for hydroxylation is 1. The number of imidazole rings is 4. The first-order valence-electron chi connectivity index (χ1n) is 48.3. The molecule has 11 aromatic heterocycles. The van der Waals surface area contributed by atoms with Crippen LogP contribution in [0.4, 0.5) is 9.18 Å². The Morgan fingerprint density at radius 1 is 0.591 bits per heavy atom. The smallest absolute Gasteiger partial charge is 0.373 e. The topological polar surface area (TPSA) is 628 Å². The normalized spacial score (nSPS) is 13.7. The van der Waals surface area contributed by atoms with E-state index in [-0.39, 0.29) is 111 Å². The van der Waals surface area contributed by atoms with Gasteiger partial charge in [0.2, 0.25) is 16.6 Å². The Hall–Kier alpha value is -13.1. The number of aliphatic hydroxyl groups is 1. The predicted molar refractivity (Wildman–Crippen MR) is 579 cm³/mol. The molecule has 5 aliphatic heterocycles. The van der Waals surface area contributed by atoms with Gasteiger partial charge in [0.1, 0.15) is 70.4 Å². The van der Waals surface area contributed by atoms with Gasteiger partial charge in [-0.15, -0.1) is 12.6 Å². The number of aromatic nitrogens is 23. The molecule has 12 N–H and O–H groups in total. The second-order valence-corrected chi connectivity index (χ2v) is 41.2. The second kappa shape index (κ2) is 78.1. The number of carbonyl (C=O) groups is 7. The molecule has 16 rings (SSSR count). The minimum absolute atomic E-state index is 0.00463. The zero-order chi connectivity index (χ0) is 115. The van der Waals surface area contributed by atoms with Gasteiger partial charge in [-0.05, 0) is 131 Å². The van der Waals surface area contributed by atoms with Crippen LogP contribution in [0.3, 0.4) is 0 Å². The van der Waals surface area contributed by atoms with Crippen molar-refractivity contribution in [2.45, 2.75) is 344 Å². The van der Waals surface area contributed by atoms with Crippen LogP contribution in [0.25, 0.3) is 0 Å². The molecule has 0 bridgehead atoms. The van der Waals surface area contributed by atoms with E-state index in [0.717, 1.165) is 68.0 Å². The van der Waals surface area contributed by atoms with Crippen molar-refractivity contribution >= 4 is 119 Å². The van der Waals surface area contributed by atoms with Gasteiger partial charge in [0, 0.05) is 89.9 Å². The van der Waals surface area contributed by atoms with E-state index in [1.54, 1.807) is 56.0 Å². The number of imide groups is 1. The number of urea groups is 1. The van der Waals surface area contributed by atoms with Crippen molar-refractivity contribution in [1.29, 1.82) is 0 Å². The molecule has 0 aromatic carbocycles. The number of thiol groups is 1. The summed E-state index contributed by atoms with van der Waals surface area (Å²) in [5.41, 5.74) is 5.77. The molecule has 2 unspecified atom stereocenters. The third-order valence-corrected chi connectivity index (χ3v) is 20.9. The molecule has 0 spiro atoms. The highest BCUT2D eigenvalue weighted by Gasteiger charge is 2.35. The molecule has 0 saturated carbocycles. The van der Waals surface area contributed by atoms with Crippen LogP contribution in [0, 0.1) is 58.0 Å². The van der Waals surface area contributed by atoms with Crippen LogP contribution in [0.5, 0.6) is 0 Å². The Balaban J connectivity index is -0.00000152. The van der Waals surface area contributed by atoms with Crippen LogP contribution in [0.2, 0.25) is 0 Å². The molecular weight excluding hydrogens is 2020 g/mol. The SMILES string of the molecule is C=C1NC(=O)C(C(C)C)=C1O.CC(C)C.CC(C)C.CC(C)C1NC(=O)NC1=O.CC(C)C1SC(=O)CC1=O.CC(C)N1OC(=O)CC1=O.CC(C)c1[nH]cnc1F.CC(C)c1[nH]cnc1S.CC(C)c1cnc[nH]1.CC(C)c1nc(=S)o[nH]1.CC(C)c1ncc[nH]1.CC(C)c1ncn[nH]1.CC(C)c1ncno1.CC(C)c1ncns1.CC(C)n1[nH]nnc1=S.CC1=NN=C(C(C)C)C1.Cc1ccno1.O=C=O.O=c1cco[nH]1. The average Bonchev–Trinajstić information content (AvgIpc) is 1.70. The largest absolute Gasteiger partial charge is 0.505 e. The van der Waals surface area contributed by atoms with Crippen LogP contribution in [-0.2, 0) is 43.2 Å². The summed E-state index contributed by atoms with van der Waals surface area (Å²) < 4.78 is 36.9. The fraction of sp³-hybridized carbons (Fsp3) is 0.582. The van der Waals surface area contributed by atoms with E-state index >= 15 is 0 Å². The number of aromatic amines is 8. The van der Waals surface area contributed by atoms with Crippen LogP contribution >= 0.6 is 60.4 Å². The minimum Gasteiger partial charge on any atom is -0.505 e. The highest BCUT2D eigenvalue weighted by Crippen LogP contribution is 2.30. The summed E-state index contributed by atoms with van der Waals surface area (Å²) >= 11 is 16.3. The van der Waals surface area contributed by atoms with Gasteiger partial charge >= 0.3 is 23.0 Å². The first-order chi connectivity index (χ1) is 69.6. The number of thioether (sulfide) groups is 1. The number of halogens is 1. The number of tetrazole rings is 1. The van der Waals surface area contributed by atoms with Crippen LogP contribution in [0.15, 0.2) is 143 Å². The van der Waals surface area contributed by atoms with Gasteiger partial charge in [0.15, 0.2) is 17.2 Å². The summed E-state index contributed by atoms with van der Waals surface area (Å²) in [6, 6.07) is 2.64. The third kappa shape index (κ3) is 64.7. The lowest BCUT2D eigenvalue weighted by Crippen LogP contribution is -2.33. The molecule has 149 heavy (non-hydrogen) atoms. The number of aliphatic hydroxyl groups excluding tert-OH is 1. The van der Waals surface area contributed by atoms with E-state index in [2.05, 4.69) is 307 Å². The standard InChI is InChI=1S/C8H11NO2.C7H12N2.C7H10O2S.C6H9FN2.C6H10N2O2.C6H10N2S.2C6H10N2.C6H9NO3.C5H9N3.C5H8N2OS.C5H8N2O.C5H8N2S.C4H8N4S.C4H5NO.2C4H10.C3H3NO2.CO2/c1-4(2)6-7(10)5(3)9-8(6)11;1-5(2)7-4-6(3)8-9-7;1-4(2)7-5(8)3-6(9)10-7;1-4(2)5-6(7)9-3-8-5;1-3(2)4-5(9)8-6(10)7-4;1-4(2)5-6(9)8-3-7-5;1-5(2)6-3-7-4-8-6;1-5(2)6-7-3-4-8-6;1-4(2)7-5(8)3-6(9)10-7;1-4(2)5-6-3-7-8-5;1-3(2)4-6-5(9)8-7-4;2*1-4(2)5-6-3-7-8-5;1-3(2)8-4(9)5-6-7-8;1-4-2-3-5-6-4;2*1-4(2)3;5-3-1-2-6-4-3;2-1-3/h4,10H,3H2,1-2H3,(H,9,11);5H,4H2,1-3H3;4,7H,3H2,1-2H3;3-4H,1-2H3,(H,8,9);3-4H,1-2H3,(H2,7,8,9,10);3-4,9H,1-2H3,(H,7,8);2*3-5H,1-2H3,(H,7,8);4H,3H2,1-2H3;3-4H,1-2H3,(H,6,7,8);3H,1-2H3,(H,6,7,9);2*3-4H,1-2H3;3H,1-2H3,(H,5,7,9);2-3H,1H3;2*4H,1-3H3;1-2H,(H,4,5);. The molecule has 3 fully saturated rings. The van der Waals surface area contributed by atoms with Gasteiger partial charge in [0.05, 0.1) is 65.5 Å². The van der Waals surface area contributed by atoms with Gasteiger partial charge in [0.25, 0.3) is 23.3 Å². The highest BCUT2D eigenvalue weighted by molar-refractivity contribution is 8.15. The van der Waals surface area contributed by atoms with Crippen LogP contribution in [-0.4, -0.2) is 201 Å². The molecule has 51 heteroatoms. The summed E-state index contributed by atoms with van der Waals surface area (Å²) in [5, 5.41) is 55.2. The lowest BCUT2D eigenvalue weighted by atomic mass is 10.0. The number of ketones is 1. The maximum Gasteiger partial charge on any atom is 0.373 e. The Morgan fingerprint density at radius 2 is 1.19 bits per heavy atom. The molecule has 5 amide bonds. The third-order valence-electron chi connectivity index (χ3n) is 17.6. The quantitative estimate of drug-likeness (QED) is 0.0208. The lowest BCUT2D eigenvalue weighted by molar-refractivity contribution is -0.192. The zero-order valence-corrected chi connectivity index (χ0v) is 97.0. The van der Waals surface area contributed by atoms with Crippen LogP contribution < -0.4 is 21.5 Å². The fourth-order valence-corrected chi connectivity index (χ4v) is 12.4. The monoisotopic (exact) mass is 2180 g/mol. The molecule has 830 valence electrons. The van der Waals surface area contributed by atoms with Crippen molar-refractivity contribution in [3.05, 3.63) is 182 Å². The van der Waals surface area contributed by atoms with Crippen molar-refractivity contribution in [2.24, 2.45) is 45.7 Å². The Bertz CT molecular complexity index is 5350. The summed E-state index contributed by atoms with van der Waals surface area (Å²) in [5.74, 6) is 9.09.